The van der Waals surface area contributed by atoms with Crippen molar-refractivity contribution in [3.63, 3.8) is 0 Å². The Morgan fingerprint density at radius 1 is 1.44 bits per heavy atom. The quantitative estimate of drug-likeness (QED) is 0.403. The van der Waals surface area contributed by atoms with Gasteiger partial charge in [0.25, 0.3) is 0 Å². The van der Waals surface area contributed by atoms with Crippen molar-refractivity contribution in [3.8, 4) is 0 Å². The molecule has 2 atom stereocenters. The van der Waals surface area contributed by atoms with Gasteiger partial charge in [-0.25, -0.2) is 4.79 Å². The van der Waals surface area contributed by atoms with Crippen molar-refractivity contribution in [1.82, 2.24) is 5.32 Å². The highest BCUT2D eigenvalue weighted by Crippen LogP contribution is 2.49. The lowest BCUT2D eigenvalue weighted by Crippen LogP contribution is -2.45. The molecule has 1 saturated carbocycles. The van der Waals surface area contributed by atoms with E-state index in [1.54, 1.807) is 17.8 Å². The summed E-state index contributed by atoms with van der Waals surface area (Å²) in [4.78, 5) is 20.1. The van der Waals surface area contributed by atoms with E-state index in [1.165, 1.54) is 6.42 Å². The molecule has 0 spiro atoms. The highest BCUT2D eigenvalue weighted by Gasteiger charge is 2.45. The number of amides is 1. The lowest BCUT2D eigenvalue weighted by atomic mass is 9.70. The number of aliphatic imine (C=N–C) groups is 1. The molecular weight excluding hydrogens is 362 g/mol. The molecule has 27 heavy (non-hydrogen) atoms. The number of amidine groups is 1. The maximum atomic E-state index is 12.2. The summed E-state index contributed by atoms with van der Waals surface area (Å²) in [7, 11) is 0. The molecule has 1 aromatic rings. The first-order valence-corrected chi connectivity index (χ1v) is 10.2. The van der Waals surface area contributed by atoms with Crippen LogP contribution in [0.1, 0.15) is 52.0 Å². The maximum Gasteiger partial charge on any atom is 0.413 e. The van der Waals surface area contributed by atoms with E-state index < -0.39 is 17.2 Å². The number of carbonyl (C=O) groups is 1. The Hall–Kier alpha value is -2.18. The minimum atomic E-state index is -0.557. The summed E-state index contributed by atoms with van der Waals surface area (Å²) in [6, 6.07) is 7.65. The van der Waals surface area contributed by atoms with Gasteiger partial charge in [0.1, 0.15) is 5.60 Å². The first kappa shape index (κ1) is 19.6. The van der Waals surface area contributed by atoms with Crippen LogP contribution in [0, 0.1) is 5.92 Å². The Labute approximate surface area is 163 Å². The number of nitrogens with zero attached hydrogens (tertiary/aromatic N) is 4. The van der Waals surface area contributed by atoms with Gasteiger partial charge in [-0.2, -0.15) is 0 Å². The number of azide groups is 1. The molecule has 1 aliphatic carbocycles. The molecule has 7 nitrogen and oxygen atoms in total. The molecule has 1 fully saturated rings. The maximum absolute atomic E-state index is 12.2. The number of hydrogen-bond donors (Lipinski definition) is 1. The Bertz CT molecular complexity index is 798. The van der Waals surface area contributed by atoms with Crippen LogP contribution in [0.25, 0.3) is 10.4 Å². The van der Waals surface area contributed by atoms with Crippen molar-refractivity contribution < 1.29 is 9.53 Å². The van der Waals surface area contributed by atoms with Crippen molar-refractivity contribution in [2.75, 3.05) is 5.75 Å². The standard InChI is InChI=1S/C19H25N5O2S/c1-18(2,3)26-17(25)21-16-22-19(10-5-4-7-14(19)12-27-16)13-8-6-9-15(11-13)23-24-20/h6,8-9,11,14H,4-5,7,10,12H2,1-3H3,(H,21,22,25)/t14?,19-/m1/s1. The van der Waals surface area contributed by atoms with E-state index >= 15 is 0 Å². The lowest BCUT2D eigenvalue weighted by Gasteiger charge is -2.44. The van der Waals surface area contributed by atoms with Gasteiger partial charge in [0.15, 0.2) is 5.17 Å². The monoisotopic (exact) mass is 387 g/mol. The van der Waals surface area contributed by atoms with Crippen LogP contribution in [0.15, 0.2) is 34.4 Å². The summed E-state index contributed by atoms with van der Waals surface area (Å²) in [5.74, 6) is 1.28. The second-order valence-corrected chi connectivity index (χ2v) is 8.97. The average molecular weight is 388 g/mol. The molecule has 0 aromatic heterocycles. The molecule has 2 aliphatic rings. The molecule has 1 aromatic carbocycles. The van der Waals surface area contributed by atoms with Gasteiger partial charge in [0.2, 0.25) is 0 Å². The van der Waals surface area contributed by atoms with Crippen LogP contribution >= 0.6 is 11.8 Å². The number of carbonyl (C=O) groups excluding carboxylic acids is 1. The zero-order valence-corrected chi connectivity index (χ0v) is 16.8. The van der Waals surface area contributed by atoms with Gasteiger partial charge in [-0.1, -0.05) is 47.9 Å². The van der Waals surface area contributed by atoms with Crippen LogP contribution in [0.2, 0.25) is 0 Å². The van der Waals surface area contributed by atoms with Crippen LogP contribution in [0.5, 0.6) is 0 Å². The Morgan fingerprint density at radius 3 is 3.00 bits per heavy atom. The van der Waals surface area contributed by atoms with Gasteiger partial charge >= 0.3 is 6.09 Å². The SMILES string of the molecule is CC(C)(C)OC(=O)NC1=N[C@@]2(c3cccc(N=[N+]=[N-])c3)CCCCC2CS1. The number of alkyl carbamates (subject to hydrolysis) is 1. The minimum absolute atomic E-state index is 0.391. The van der Waals surface area contributed by atoms with Crippen LogP contribution in [0.3, 0.4) is 0 Å². The third-order valence-electron chi connectivity index (χ3n) is 4.87. The second-order valence-electron chi connectivity index (χ2n) is 7.96. The molecule has 1 amide bonds. The third kappa shape index (κ3) is 4.57. The predicted molar refractivity (Wildman–Crippen MR) is 108 cm³/mol. The third-order valence-corrected chi connectivity index (χ3v) is 5.91. The van der Waals surface area contributed by atoms with Gasteiger partial charge in [-0.15, -0.1) is 0 Å². The van der Waals surface area contributed by atoms with E-state index in [1.807, 2.05) is 39.0 Å². The molecule has 0 saturated heterocycles. The van der Waals surface area contributed by atoms with Gasteiger partial charge in [-0.05, 0) is 56.7 Å². The number of benzene rings is 1. The van der Waals surface area contributed by atoms with E-state index in [-0.39, 0.29) is 0 Å². The smallest absolute Gasteiger partial charge is 0.413 e. The second kappa shape index (κ2) is 7.82. The van der Waals surface area contributed by atoms with E-state index in [0.29, 0.717) is 16.8 Å². The summed E-state index contributed by atoms with van der Waals surface area (Å²) >= 11 is 1.57. The summed E-state index contributed by atoms with van der Waals surface area (Å²) < 4.78 is 5.37. The molecule has 1 N–H and O–H groups in total. The fourth-order valence-electron chi connectivity index (χ4n) is 3.78. The van der Waals surface area contributed by atoms with Gasteiger partial charge in [0, 0.05) is 16.4 Å². The van der Waals surface area contributed by atoms with E-state index in [9.17, 15) is 4.79 Å². The van der Waals surface area contributed by atoms with Gasteiger partial charge in [-0.3, -0.25) is 10.3 Å². The number of thioether (sulfide) groups is 1. The van der Waals surface area contributed by atoms with Gasteiger partial charge in [0.05, 0.1) is 5.54 Å². The Morgan fingerprint density at radius 2 is 2.26 bits per heavy atom. The normalized spacial score (nSPS) is 24.9. The molecule has 0 radical (unpaired) electrons. The summed E-state index contributed by atoms with van der Waals surface area (Å²) in [5, 5.41) is 7.15. The molecule has 0 bridgehead atoms. The van der Waals surface area contributed by atoms with Crippen LogP contribution in [0.4, 0.5) is 10.5 Å². The molecule has 3 rings (SSSR count). The molecule has 8 heteroatoms. The highest BCUT2D eigenvalue weighted by atomic mass is 32.2. The van der Waals surface area contributed by atoms with Crippen molar-refractivity contribution in [2.45, 2.75) is 57.6 Å². The van der Waals surface area contributed by atoms with Crippen LogP contribution < -0.4 is 5.32 Å². The van der Waals surface area contributed by atoms with Crippen molar-refractivity contribution >= 4 is 28.7 Å². The van der Waals surface area contributed by atoms with Crippen molar-refractivity contribution in [1.29, 1.82) is 0 Å². The minimum Gasteiger partial charge on any atom is -0.444 e. The van der Waals surface area contributed by atoms with Crippen molar-refractivity contribution in [3.05, 3.63) is 40.3 Å². The van der Waals surface area contributed by atoms with Crippen LogP contribution in [-0.2, 0) is 10.3 Å². The number of nitrogens with one attached hydrogen (secondary N) is 1. The zero-order valence-electron chi connectivity index (χ0n) is 15.9. The highest BCUT2D eigenvalue weighted by molar-refractivity contribution is 8.13. The molecule has 1 heterocycles. The predicted octanol–water partition coefficient (Wildman–Crippen LogP) is 5.64. The average Bonchev–Trinajstić information content (AvgIpc) is 2.60. The molecule has 1 unspecified atom stereocenters. The molecule has 1 aliphatic heterocycles. The fourth-order valence-corrected chi connectivity index (χ4v) is 4.96. The number of rotatable bonds is 2. The van der Waals surface area contributed by atoms with E-state index in [4.69, 9.17) is 15.3 Å². The first-order valence-electron chi connectivity index (χ1n) is 9.21. The number of hydrogen-bond acceptors (Lipinski definition) is 5. The topological polar surface area (TPSA) is 99.5 Å². The molecule has 144 valence electrons. The van der Waals surface area contributed by atoms with Crippen LogP contribution in [-0.4, -0.2) is 22.6 Å². The van der Waals surface area contributed by atoms with Gasteiger partial charge < -0.3 is 4.74 Å². The largest absolute Gasteiger partial charge is 0.444 e. The summed E-state index contributed by atoms with van der Waals surface area (Å²) in [6.07, 6.45) is 3.80. The number of ether oxygens (including phenoxy) is 1. The lowest BCUT2D eigenvalue weighted by molar-refractivity contribution is 0.0563. The zero-order chi connectivity index (χ0) is 19.5. The molecular formula is C19H25N5O2S. The van der Waals surface area contributed by atoms with E-state index in [0.717, 1.165) is 30.6 Å². The Balaban J connectivity index is 1.94. The fraction of sp³-hybridized carbons (Fsp3) is 0.579. The summed E-state index contributed by atoms with van der Waals surface area (Å²) in [5.41, 5.74) is 9.43. The van der Waals surface area contributed by atoms with Crippen molar-refractivity contribution in [2.24, 2.45) is 16.0 Å². The Kier molecular flexibility index (Phi) is 5.67. The van der Waals surface area contributed by atoms with E-state index in [2.05, 4.69) is 15.3 Å². The number of fused-ring (bicyclic) bond motifs is 1. The summed E-state index contributed by atoms with van der Waals surface area (Å²) in [6.45, 7) is 5.51. The first-order chi connectivity index (χ1) is 12.8.